The number of anilines is 1. The number of nitrogens with one attached hydrogen (secondary N) is 2. The molecule has 1 atom stereocenters. The second-order valence-corrected chi connectivity index (χ2v) is 7.92. The Kier molecular flexibility index (Phi) is 7.99. The second-order valence-electron chi connectivity index (χ2n) is 7.92. The van der Waals surface area contributed by atoms with E-state index >= 15 is 0 Å². The highest BCUT2D eigenvalue weighted by molar-refractivity contribution is 5.79. The van der Waals surface area contributed by atoms with Gasteiger partial charge in [0.1, 0.15) is 5.75 Å². The Balaban J connectivity index is 1.47. The minimum Gasteiger partial charge on any atom is -0.495 e. The molecule has 1 saturated heterocycles. The number of rotatable bonds is 9. The van der Waals surface area contributed by atoms with Crippen LogP contribution in [0.1, 0.15) is 31.2 Å². The predicted octanol–water partition coefficient (Wildman–Crippen LogP) is 2.98. The molecule has 1 aliphatic heterocycles. The van der Waals surface area contributed by atoms with Gasteiger partial charge in [-0.05, 0) is 57.7 Å². The molecule has 7 heteroatoms. The molecule has 1 unspecified atom stereocenters. The van der Waals surface area contributed by atoms with Crippen molar-refractivity contribution in [3.63, 3.8) is 0 Å². The maximum absolute atomic E-state index is 5.52. The highest BCUT2D eigenvalue weighted by atomic mass is 16.5. The van der Waals surface area contributed by atoms with E-state index in [2.05, 4.69) is 57.4 Å². The monoisotopic (exact) mass is 412 g/mol. The van der Waals surface area contributed by atoms with Gasteiger partial charge in [-0.3, -0.25) is 9.67 Å². The molecular weight excluding hydrogens is 376 g/mol. The van der Waals surface area contributed by atoms with Crippen LogP contribution in [-0.4, -0.2) is 55.6 Å². The highest BCUT2D eigenvalue weighted by Gasteiger charge is 2.24. The summed E-state index contributed by atoms with van der Waals surface area (Å²) in [7, 11) is 1.74. The predicted molar refractivity (Wildman–Crippen MR) is 124 cm³/mol. The molecule has 0 amide bonds. The quantitative estimate of drug-likeness (QED) is 0.377. The minimum absolute atomic E-state index is 0.556. The summed E-state index contributed by atoms with van der Waals surface area (Å²) in [5.41, 5.74) is 3.48. The lowest BCUT2D eigenvalue weighted by atomic mass is 10.1. The van der Waals surface area contributed by atoms with Gasteiger partial charge >= 0.3 is 0 Å². The Morgan fingerprint density at radius 3 is 2.83 bits per heavy atom. The first-order valence-corrected chi connectivity index (χ1v) is 11.0. The number of para-hydroxylation sites is 2. The molecule has 164 valence electrons. The number of ether oxygens (including phenoxy) is 1. The molecule has 30 heavy (non-hydrogen) atoms. The van der Waals surface area contributed by atoms with Crippen LogP contribution >= 0.6 is 0 Å². The van der Waals surface area contributed by atoms with Crippen molar-refractivity contribution in [2.75, 3.05) is 44.7 Å². The fourth-order valence-electron chi connectivity index (χ4n) is 3.99. The number of benzene rings is 1. The zero-order valence-electron chi connectivity index (χ0n) is 18.8. The number of aryl methyl sites for hydroxylation is 3. The molecule has 0 saturated carbocycles. The largest absolute Gasteiger partial charge is 0.495 e. The molecule has 0 aliphatic carbocycles. The maximum Gasteiger partial charge on any atom is 0.191 e. The minimum atomic E-state index is 0.556. The summed E-state index contributed by atoms with van der Waals surface area (Å²) < 4.78 is 7.60. The highest BCUT2D eigenvalue weighted by Crippen LogP contribution is 2.31. The smallest absolute Gasteiger partial charge is 0.191 e. The molecule has 0 spiro atoms. The lowest BCUT2D eigenvalue weighted by Gasteiger charge is -2.21. The van der Waals surface area contributed by atoms with Crippen molar-refractivity contribution in [2.45, 2.75) is 40.2 Å². The number of methoxy groups -OCH3 is 1. The molecule has 1 aromatic heterocycles. The van der Waals surface area contributed by atoms with E-state index in [9.17, 15) is 0 Å². The summed E-state index contributed by atoms with van der Waals surface area (Å²) in [6.07, 6.45) is 2.16. The fraction of sp³-hybridized carbons (Fsp3) is 0.565. The molecule has 0 bridgehead atoms. The third-order valence-corrected chi connectivity index (χ3v) is 5.51. The van der Waals surface area contributed by atoms with E-state index in [1.165, 1.54) is 11.4 Å². The van der Waals surface area contributed by atoms with Crippen molar-refractivity contribution in [1.29, 1.82) is 0 Å². The number of aliphatic imine (C=N–C) groups is 1. The standard InChI is InChI=1S/C23H36N6O/c1-5-24-23(25-12-8-13-29-19(3)15-18(2)27-29)26-16-20-11-14-28(17-20)21-9-6-7-10-22(21)30-4/h6-7,9-10,15,20H,5,8,11-14,16-17H2,1-4H3,(H2,24,25,26). The van der Waals surface area contributed by atoms with E-state index in [4.69, 9.17) is 9.73 Å². The van der Waals surface area contributed by atoms with Crippen molar-refractivity contribution in [1.82, 2.24) is 20.4 Å². The summed E-state index contributed by atoms with van der Waals surface area (Å²) in [6.45, 7) is 11.8. The Labute approximate surface area is 180 Å². The Morgan fingerprint density at radius 1 is 1.27 bits per heavy atom. The summed E-state index contributed by atoms with van der Waals surface area (Å²) >= 11 is 0. The molecule has 2 aromatic rings. The van der Waals surface area contributed by atoms with Gasteiger partial charge in [-0.15, -0.1) is 0 Å². The molecule has 0 radical (unpaired) electrons. The van der Waals surface area contributed by atoms with Crippen molar-refractivity contribution in [2.24, 2.45) is 10.9 Å². The van der Waals surface area contributed by atoms with Crippen LogP contribution in [0.2, 0.25) is 0 Å². The Morgan fingerprint density at radius 2 is 2.10 bits per heavy atom. The SMILES string of the molecule is CCNC(=NCC1CCN(c2ccccc2OC)C1)NCCCn1nc(C)cc1C. The van der Waals surface area contributed by atoms with Crippen LogP contribution in [0.5, 0.6) is 5.75 Å². The second kappa shape index (κ2) is 10.9. The molecule has 3 rings (SSSR count). The molecule has 1 aromatic carbocycles. The van der Waals surface area contributed by atoms with E-state index in [0.717, 1.165) is 69.5 Å². The van der Waals surface area contributed by atoms with Gasteiger partial charge in [0.25, 0.3) is 0 Å². The Bertz CT molecular complexity index is 831. The Hall–Kier alpha value is -2.70. The topological polar surface area (TPSA) is 66.7 Å². The van der Waals surface area contributed by atoms with Crippen LogP contribution in [0.3, 0.4) is 0 Å². The van der Waals surface area contributed by atoms with Gasteiger partial charge in [0.15, 0.2) is 5.96 Å². The first-order chi connectivity index (χ1) is 14.6. The van der Waals surface area contributed by atoms with Crippen molar-refractivity contribution >= 4 is 11.6 Å². The number of aromatic nitrogens is 2. The van der Waals surface area contributed by atoms with Crippen molar-refractivity contribution < 1.29 is 4.74 Å². The molecule has 2 heterocycles. The molecule has 1 aliphatic rings. The molecule has 2 N–H and O–H groups in total. The van der Waals surface area contributed by atoms with Crippen molar-refractivity contribution in [3.8, 4) is 5.75 Å². The lowest BCUT2D eigenvalue weighted by molar-refractivity contribution is 0.414. The molecular formula is C23H36N6O. The van der Waals surface area contributed by atoms with E-state index in [0.29, 0.717) is 5.92 Å². The van der Waals surface area contributed by atoms with Gasteiger partial charge in [0.05, 0.1) is 18.5 Å². The van der Waals surface area contributed by atoms with Gasteiger partial charge in [-0.25, -0.2) is 0 Å². The first kappa shape index (κ1) is 22.0. The molecule has 7 nitrogen and oxygen atoms in total. The van der Waals surface area contributed by atoms with Crippen LogP contribution in [-0.2, 0) is 6.54 Å². The van der Waals surface area contributed by atoms with E-state index in [1.807, 2.05) is 19.1 Å². The van der Waals surface area contributed by atoms with Crippen LogP contribution in [0.4, 0.5) is 5.69 Å². The lowest BCUT2D eigenvalue weighted by Crippen LogP contribution is -2.38. The zero-order valence-corrected chi connectivity index (χ0v) is 18.8. The number of hydrogen-bond donors (Lipinski definition) is 2. The van der Waals surface area contributed by atoms with Gasteiger partial charge in [-0.2, -0.15) is 5.10 Å². The average Bonchev–Trinajstić information content (AvgIpc) is 3.35. The first-order valence-electron chi connectivity index (χ1n) is 11.0. The van der Waals surface area contributed by atoms with E-state index in [-0.39, 0.29) is 0 Å². The van der Waals surface area contributed by atoms with Crippen LogP contribution in [0, 0.1) is 19.8 Å². The van der Waals surface area contributed by atoms with Crippen LogP contribution < -0.4 is 20.3 Å². The summed E-state index contributed by atoms with van der Waals surface area (Å²) in [5, 5.41) is 11.4. The van der Waals surface area contributed by atoms with Gasteiger partial charge in [-0.1, -0.05) is 12.1 Å². The summed E-state index contributed by atoms with van der Waals surface area (Å²) in [5.74, 6) is 2.40. The zero-order chi connectivity index (χ0) is 21.3. The summed E-state index contributed by atoms with van der Waals surface area (Å²) in [6, 6.07) is 10.4. The van der Waals surface area contributed by atoms with E-state index < -0.39 is 0 Å². The third-order valence-electron chi connectivity index (χ3n) is 5.51. The van der Waals surface area contributed by atoms with Gasteiger partial charge in [0, 0.05) is 45.0 Å². The molecule has 1 fully saturated rings. The van der Waals surface area contributed by atoms with Gasteiger partial charge < -0.3 is 20.3 Å². The normalized spacial score (nSPS) is 16.7. The third kappa shape index (κ3) is 5.90. The summed E-state index contributed by atoms with van der Waals surface area (Å²) in [4.78, 5) is 7.26. The van der Waals surface area contributed by atoms with Crippen molar-refractivity contribution in [3.05, 3.63) is 41.7 Å². The fourth-order valence-corrected chi connectivity index (χ4v) is 3.99. The number of nitrogens with zero attached hydrogens (tertiary/aromatic N) is 4. The number of hydrogen-bond acceptors (Lipinski definition) is 4. The van der Waals surface area contributed by atoms with Crippen LogP contribution in [0.15, 0.2) is 35.3 Å². The van der Waals surface area contributed by atoms with Crippen LogP contribution in [0.25, 0.3) is 0 Å². The maximum atomic E-state index is 5.52. The van der Waals surface area contributed by atoms with Gasteiger partial charge in [0.2, 0.25) is 0 Å². The number of guanidine groups is 1. The average molecular weight is 413 g/mol. The van der Waals surface area contributed by atoms with E-state index in [1.54, 1.807) is 7.11 Å².